The Bertz CT molecular complexity index is 542. The van der Waals surface area contributed by atoms with E-state index in [0.717, 1.165) is 4.90 Å². The van der Waals surface area contributed by atoms with Gasteiger partial charge in [0, 0.05) is 7.05 Å². The predicted molar refractivity (Wildman–Crippen MR) is 75.1 cm³/mol. The molecule has 1 aliphatic rings. The van der Waals surface area contributed by atoms with Crippen LogP contribution in [0.1, 0.15) is 0 Å². The Hall–Kier alpha value is -1.95. The van der Waals surface area contributed by atoms with Gasteiger partial charge in [-0.25, -0.2) is 9.69 Å². The van der Waals surface area contributed by atoms with Crippen molar-refractivity contribution in [2.24, 2.45) is 0 Å². The molecule has 6 heteroatoms. The minimum absolute atomic E-state index is 0.0446. The fourth-order valence-electron chi connectivity index (χ4n) is 1.91. The van der Waals surface area contributed by atoms with Crippen molar-refractivity contribution in [1.29, 1.82) is 0 Å². The van der Waals surface area contributed by atoms with Gasteiger partial charge in [0.25, 0.3) is 5.91 Å². The summed E-state index contributed by atoms with van der Waals surface area (Å²) in [6.45, 7) is 0. The fourth-order valence-corrected chi connectivity index (χ4v) is 2.32. The van der Waals surface area contributed by atoms with Crippen LogP contribution in [0.4, 0.5) is 10.5 Å². The van der Waals surface area contributed by atoms with E-state index >= 15 is 0 Å². The van der Waals surface area contributed by atoms with E-state index < -0.39 is 11.9 Å². The Labute approximate surface area is 115 Å². The molecule has 100 valence electrons. The van der Waals surface area contributed by atoms with E-state index in [1.54, 1.807) is 30.3 Å². The number of aliphatic hydroxyl groups excluding tert-OH is 1. The maximum atomic E-state index is 12.3. The lowest BCUT2D eigenvalue weighted by atomic mass is 10.3. The molecule has 0 radical (unpaired) electrons. The van der Waals surface area contributed by atoms with Crippen molar-refractivity contribution in [3.63, 3.8) is 0 Å². The Balaban J connectivity index is 2.43. The zero-order valence-corrected chi connectivity index (χ0v) is 11.5. The van der Waals surface area contributed by atoms with Gasteiger partial charge in [-0.3, -0.25) is 9.69 Å². The second kappa shape index (κ2) is 5.36. The molecule has 5 nitrogen and oxygen atoms in total. The number of imide groups is 1. The summed E-state index contributed by atoms with van der Waals surface area (Å²) in [5.74, 6) is -0.279. The van der Waals surface area contributed by atoms with E-state index in [1.165, 1.54) is 23.7 Å². The van der Waals surface area contributed by atoms with Crippen LogP contribution in [-0.4, -0.2) is 41.0 Å². The van der Waals surface area contributed by atoms with E-state index in [0.29, 0.717) is 11.4 Å². The van der Waals surface area contributed by atoms with Gasteiger partial charge in [0.2, 0.25) is 0 Å². The van der Waals surface area contributed by atoms with Gasteiger partial charge < -0.3 is 5.11 Å². The number of amides is 3. The lowest BCUT2D eigenvalue weighted by Crippen LogP contribution is -2.31. The molecule has 0 spiro atoms. The standard InChI is InChI=1S/C13H14N2O3S/c1-14-11(10(16)8-19-2)12(17)15(13(14)18)9-6-4-3-5-7-9/h3-7,16H,8H2,1-2H3/b11-10+. The molecule has 0 unspecified atom stereocenters. The van der Waals surface area contributed by atoms with Crippen molar-refractivity contribution in [1.82, 2.24) is 4.90 Å². The molecule has 0 bridgehead atoms. The van der Waals surface area contributed by atoms with Gasteiger partial charge in [0.05, 0.1) is 11.4 Å². The molecule has 2 rings (SSSR count). The van der Waals surface area contributed by atoms with Crippen molar-refractivity contribution in [3.8, 4) is 0 Å². The van der Waals surface area contributed by atoms with E-state index in [1.807, 2.05) is 6.26 Å². The van der Waals surface area contributed by atoms with Crippen molar-refractivity contribution in [2.45, 2.75) is 0 Å². The Morgan fingerprint density at radius 2 is 1.89 bits per heavy atom. The molecule has 3 amide bonds. The van der Waals surface area contributed by atoms with Crippen LogP contribution in [0.3, 0.4) is 0 Å². The minimum atomic E-state index is -0.495. The quantitative estimate of drug-likeness (QED) is 0.523. The Morgan fingerprint density at radius 3 is 2.47 bits per heavy atom. The first-order valence-corrected chi connectivity index (χ1v) is 7.05. The number of likely N-dealkylation sites (N-methyl/N-ethyl adjacent to an activating group) is 1. The monoisotopic (exact) mass is 278 g/mol. The molecular formula is C13H14N2O3S. The van der Waals surface area contributed by atoms with Crippen LogP contribution in [-0.2, 0) is 4.79 Å². The first kappa shape index (κ1) is 13.5. The third-order valence-corrected chi connectivity index (χ3v) is 3.35. The lowest BCUT2D eigenvalue weighted by Gasteiger charge is -2.12. The summed E-state index contributed by atoms with van der Waals surface area (Å²) in [5, 5.41) is 9.89. The molecule has 1 saturated heterocycles. The van der Waals surface area contributed by atoms with E-state index in [-0.39, 0.29) is 11.5 Å². The number of carbonyl (C=O) groups excluding carboxylic acids is 2. The number of para-hydroxylation sites is 1. The molecule has 0 aliphatic carbocycles. The van der Waals surface area contributed by atoms with Crippen LogP contribution in [0.2, 0.25) is 0 Å². The normalized spacial score (nSPS) is 18.2. The summed E-state index contributed by atoms with van der Waals surface area (Å²) in [4.78, 5) is 26.6. The van der Waals surface area contributed by atoms with E-state index in [2.05, 4.69) is 0 Å². The first-order valence-electron chi connectivity index (χ1n) is 5.66. The van der Waals surface area contributed by atoms with Crippen molar-refractivity contribution in [3.05, 3.63) is 41.8 Å². The summed E-state index contributed by atoms with van der Waals surface area (Å²) in [6, 6.07) is 8.20. The number of urea groups is 1. The predicted octanol–water partition coefficient (Wildman–Crippen LogP) is 2.22. The number of rotatable bonds is 3. The number of aliphatic hydroxyl groups is 1. The minimum Gasteiger partial charge on any atom is -0.509 e. The third-order valence-electron chi connectivity index (χ3n) is 2.79. The molecule has 1 fully saturated rings. The van der Waals surface area contributed by atoms with Crippen LogP contribution < -0.4 is 4.90 Å². The SMILES string of the molecule is CSC/C(O)=C1/C(=O)N(c2ccccc2)C(=O)N1C. The molecule has 1 heterocycles. The first-order chi connectivity index (χ1) is 9.07. The smallest absolute Gasteiger partial charge is 0.336 e. The topological polar surface area (TPSA) is 60.9 Å². The van der Waals surface area contributed by atoms with E-state index in [9.17, 15) is 14.7 Å². The van der Waals surface area contributed by atoms with Crippen LogP contribution in [0.15, 0.2) is 41.8 Å². The molecule has 19 heavy (non-hydrogen) atoms. The molecule has 0 aromatic heterocycles. The molecule has 1 aromatic rings. The van der Waals surface area contributed by atoms with Crippen molar-refractivity contribution >= 4 is 29.4 Å². The highest BCUT2D eigenvalue weighted by Gasteiger charge is 2.41. The summed E-state index contributed by atoms with van der Waals surface area (Å²) in [6.07, 6.45) is 1.81. The third kappa shape index (κ3) is 2.31. The van der Waals surface area contributed by atoms with Crippen LogP contribution in [0.25, 0.3) is 0 Å². The van der Waals surface area contributed by atoms with Gasteiger partial charge in [0.15, 0.2) is 5.70 Å². The summed E-state index contributed by atoms with van der Waals surface area (Å²) >= 11 is 1.38. The number of benzene rings is 1. The number of thioether (sulfide) groups is 1. The number of carbonyl (C=O) groups is 2. The van der Waals surface area contributed by atoms with Gasteiger partial charge in [0.1, 0.15) is 5.76 Å². The zero-order valence-electron chi connectivity index (χ0n) is 10.7. The van der Waals surface area contributed by atoms with Crippen LogP contribution in [0, 0.1) is 0 Å². The largest absolute Gasteiger partial charge is 0.509 e. The van der Waals surface area contributed by atoms with E-state index in [4.69, 9.17) is 0 Å². The number of hydrogen-bond acceptors (Lipinski definition) is 4. The maximum absolute atomic E-state index is 12.3. The van der Waals surface area contributed by atoms with Gasteiger partial charge >= 0.3 is 6.03 Å². The summed E-state index contributed by atoms with van der Waals surface area (Å²) in [7, 11) is 1.48. The second-order valence-electron chi connectivity index (χ2n) is 4.05. The number of nitrogens with zero attached hydrogens (tertiary/aromatic N) is 2. The van der Waals surface area contributed by atoms with Crippen molar-refractivity contribution in [2.75, 3.05) is 24.0 Å². The molecule has 0 saturated carbocycles. The van der Waals surface area contributed by atoms with Gasteiger partial charge in [-0.05, 0) is 18.4 Å². The van der Waals surface area contributed by atoms with Gasteiger partial charge in [-0.2, -0.15) is 11.8 Å². The van der Waals surface area contributed by atoms with Crippen LogP contribution in [0.5, 0.6) is 0 Å². The highest BCUT2D eigenvalue weighted by molar-refractivity contribution is 7.98. The van der Waals surface area contributed by atoms with Gasteiger partial charge in [-0.1, -0.05) is 18.2 Å². The highest BCUT2D eigenvalue weighted by Crippen LogP contribution is 2.27. The molecule has 1 aromatic carbocycles. The average molecular weight is 278 g/mol. The Kier molecular flexibility index (Phi) is 3.80. The number of anilines is 1. The number of hydrogen-bond donors (Lipinski definition) is 1. The molecule has 1 aliphatic heterocycles. The average Bonchev–Trinajstić information content (AvgIpc) is 2.62. The van der Waals surface area contributed by atoms with Gasteiger partial charge in [-0.15, -0.1) is 0 Å². The van der Waals surface area contributed by atoms with Crippen molar-refractivity contribution < 1.29 is 14.7 Å². The molecule has 0 atom stereocenters. The maximum Gasteiger partial charge on any atom is 0.336 e. The second-order valence-corrected chi connectivity index (χ2v) is 4.91. The fraction of sp³-hybridized carbons (Fsp3) is 0.231. The summed E-state index contributed by atoms with van der Waals surface area (Å²) < 4.78 is 0. The zero-order chi connectivity index (χ0) is 14.0. The highest BCUT2D eigenvalue weighted by atomic mass is 32.2. The summed E-state index contributed by atoms with van der Waals surface area (Å²) in [5.41, 5.74) is 0.541. The Morgan fingerprint density at radius 1 is 1.26 bits per heavy atom. The van der Waals surface area contributed by atoms with Crippen LogP contribution >= 0.6 is 11.8 Å². The lowest BCUT2D eigenvalue weighted by molar-refractivity contribution is -0.114. The molecule has 1 N–H and O–H groups in total. The molecular weight excluding hydrogens is 264 g/mol.